The molecule has 118 valence electrons. The van der Waals surface area contributed by atoms with Gasteiger partial charge in [-0.15, -0.1) is 0 Å². The number of amides is 1. The van der Waals surface area contributed by atoms with Crippen LogP contribution in [-0.4, -0.2) is 12.2 Å². The second-order valence-electron chi connectivity index (χ2n) is 5.52. The topological polar surface area (TPSA) is 37.4 Å². The zero-order chi connectivity index (χ0) is 16.9. The van der Waals surface area contributed by atoms with Crippen molar-refractivity contribution in [2.45, 2.75) is 6.92 Å². The van der Waals surface area contributed by atoms with Crippen molar-refractivity contribution in [2.24, 2.45) is 0 Å². The van der Waals surface area contributed by atoms with Crippen LogP contribution in [0.2, 0.25) is 0 Å². The van der Waals surface area contributed by atoms with Crippen molar-refractivity contribution in [2.75, 3.05) is 4.90 Å². The molecule has 0 bridgehead atoms. The fourth-order valence-electron chi connectivity index (χ4n) is 2.56. The Kier molecular flexibility index (Phi) is 4.52. The van der Waals surface area contributed by atoms with E-state index in [4.69, 9.17) is 0 Å². The van der Waals surface area contributed by atoms with Gasteiger partial charge in [-0.2, -0.15) is 0 Å². The number of hydrogen-bond donors (Lipinski definition) is 0. The third kappa shape index (κ3) is 3.10. The van der Waals surface area contributed by atoms with E-state index in [9.17, 15) is 9.59 Å². The first kappa shape index (κ1) is 15.7. The molecule has 24 heavy (non-hydrogen) atoms. The summed E-state index contributed by atoms with van der Waals surface area (Å²) < 4.78 is 0. The Morgan fingerprint density at radius 3 is 2.12 bits per heavy atom. The summed E-state index contributed by atoms with van der Waals surface area (Å²) in [5.41, 5.74) is 3.45. The van der Waals surface area contributed by atoms with E-state index >= 15 is 0 Å². The van der Waals surface area contributed by atoms with Gasteiger partial charge in [-0.05, 0) is 43.3 Å². The Balaban J connectivity index is 2.16. The van der Waals surface area contributed by atoms with Gasteiger partial charge in [-0.25, -0.2) is 0 Å². The molecule has 3 rings (SSSR count). The minimum Gasteiger partial charge on any atom is -0.298 e. The molecule has 3 aromatic rings. The van der Waals surface area contributed by atoms with E-state index in [0.717, 1.165) is 17.5 Å². The predicted octanol–water partition coefficient (Wildman–Crippen LogP) is 4.79. The Morgan fingerprint density at radius 1 is 0.833 bits per heavy atom. The lowest BCUT2D eigenvalue weighted by atomic mass is 10.1. The number of aryl methyl sites for hydroxylation is 1. The monoisotopic (exact) mass is 315 g/mol. The van der Waals surface area contributed by atoms with Crippen molar-refractivity contribution in [3.63, 3.8) is 0 Å². The highest BCUT2D eigenvalue weighted by Gasteiger charge is 2.21. The van der Waals surface area contributed by atoms with Crippen molar-refractivity contribution in [1.82, 2.24) is 0 Å². The van der Waals surface area contributed by atoms with Crippen LogP contribution in [0.4, 0.5) is 11.4 Å². The van der Waals surface area contributed by atoms with Gasteiger partial charge in [0, 0.05) is 16.8 Å². The molecule has 0 heterocycles. The molecule has 0 atom stereocenters. The molecule has 0 N–H and O–H groups in total. The van der Waals surface area contributed by atoms with Crippen molar-refractivity contribution >= 4 is 23.6 Å². The summed E-state index contributed by atoms with van der Waals surface area (Å²) in [7, 11) is 0. The van der Waals surface area contributed by atoms with Crippen LogP contribution in [0, 0.1) is 6.92 Å². The quantitative estimate of drug-likeness (QED) is 0.649. The van der Waals surface area contributed by atoms with E-state index in [1.54, 1.807) is 35.2 Å². The summed E-state index contributed by atoms with van der Waals surface area (Å²) in [6.45, 7) is 1.99. The third-order valence-corrected chi connectivity index (χ3v) is 3.82. The standard InChI is InChI=1S/C21H17NO2/c1-16-11-13-19(14-12-16)22(20-10-6-5-9-18(20)15-23)21(24)17-7-3-2-4-8-17/h2-15H,1H3. The van der Waals surface area contributed by atoms with Gasteiger partial charge in [0.2, 0.25) is 0 Å². The first-order chi connectivity index (χ1) is 11.7. The number of para-hydroxylation sites is 1. The number of anilines is 2. The summed E-state index contributed by atoms with van der Waals surface area (Å²) in [6, 6.07) is 23.8. The Bertz CT molecular complexity index is 855. The average Bonchev–Trinajstić information content (AvgIpc) is 2.64. The summed E-state index contributed by atoms with van der Waals surface area (Å²) >= 11 is 0. The molecular formula is C21H17NO2. The van der Waals surface area contributed by atoms with Gasteiger partial charge in [0.25, 0.3) is 5.91 Å². The number of carbonyl (C=O) groups excluding carboxylic acids is 2. The minimum atomic E-state index is -0.172. The molecule has 0 spiro atoms. The van der Waals surface area contributed by atoms with Crippen LogP contribution in [0.25, 0.3) is 0 Å². The van der Waals surface area contributed by atoms with Crippen molar-refractivity contribution in [1.29, 1.82) is 0 Å². The van der Waals surface area contributed by atoms with Gasteiger partial charge < -0.3 is 0 Å². The molecule has 0 aliphatic rings. The van der Waals surface area contributed by atoms with E-state index in [1.807, 2.05) is 55.5 Å². The van der Waals surface area contributed by atoms with Crippen LogP contribution in [-0.2, 0) is 0 Å². The van der Waals surface area contributed by atoms with Crippen LogP contribution < -0.4 is 4.90 Å². The SMILES string of the molecule is Cc1ccc(N(C(=O)c2ccccc2)c2ccccc2C=O)cc1. The zero-order valence-electron chi connectivity index (χ0n) is 13.3. The molecule has 3 heteroatoms. The summed E-state index contributed by atoms with van der Waals surface area (Å²) in [5.74, 6) is -0.172. The summed E-state index contributed by atoms with van der Waals surface area (Å²) in [6.07, 6.45) is 0.773. The van der Waals surface area contributed by atoms with E-state index < -0.39 is 0 Å². The molecule has 0 aliphatic heterocycles. The molecule has 0 fully saturated rings. The van der Waals surface area contributed by atoms with Crippen LogP contribution in [0.3, 0.4) is 0 Å². The predicted molar refractivity (Wildman–Crippen MR) is 95.9 cm³/mol. The van der Waals surface area contributed by atoms with Gasteiger partial charge in [-0.1, -0.05) is 48.0 Å². The number of benzene rings is 3. The molecule has 0 aliphatic carbocycles. The van der Waals surface area contributed by atoms with Crippen LogP contribution in [0.15, 0.2) is 78.9 Å². The Morgan fingerprint density at radius 2 is 1.46 bits per heavy atom. The van der Waals surface area contributed by atoms with Crippen molar-refractivity contribution in [3.05, 3.63) is 95.6 Å². The highest BCUT2D eigenvalue weighted by atomic mass is 16.2. The lowest BCUT2D eigenvalue weighted by Gasteiger charge is -2.24. The molecule has 1 amide bonds. The maximum absolute atomic E-state index is 13.1. The second-order valence-corrected chi connectivity index (χ2v) is 5.52. The molecule has 0 radical (unpaired) electrons. The third-order valence-electron chi connectivity index (χ3n) is 3.82. The summed E-state index contributed by atoms with van der Waals surface area (Å²) in [4.78, 5) is 26.1. The van der Waals surface area contributed by atoms with E-state index in [2.05, 4.69) is 0 Å². The average molecular weight is 315 g/mol. The fourth-order valence-corrected chi connectivity index (χ4v) is 2.56. The molecule has 0 saturated heterocycles. The maximum atomic E-state index is 13.1. The molecule has 0 saturated carbocycles. The lowest BCUT2D eigenvalue weighted by molar-refractivity contribution is 0.0999. The number of rotatable bonds is 4. The highest BCUT2D eigenvalue weighted by molar-refractivity contribution is 6.12. The molecule has 0 unspecified atom stereocenters. The minimum absolute atomic E-state index is 0.172. The largest absolute Gasteiger partial charge is 0.298 e. The molecule has 3 nitrogen and oxygen atoms in total. The molecule has 3 aromatic carbocycles. The lowest BCUT2D eigenvalue weighted by Crippen LogP contribution is -2.26. The number of hydrogen-bond acceptors (Lipinski definition) is 2. The van der Waals surface area contributed by atoms with E-state index in [1.165, 1.54) is 0 Å². The van der Waals surface area contributed by atoms with Gasteiger partial charge in [0.1, 0.15) is 0 Å². The molecule has 0 aromatic heterocycles. The number of nitrogens with zero attached hydrogens (tertiary/aromatic N) is 1. The van der Waals surface area contributed by atoms with Gasteiger partial charge in [0.15, 0.2) is 6.29 Å². The van der Waals surface area contributed by atoms with E-state index in [-0.39, 0.29) is 5.91 Å². The van der Waals surface area contributed by atoms with Gasteiger partial charge >= 0.3 is 0 Å². The van der Waals surface area contributed by atoms with Gasteiger partial charge in [0.05, 0.1) is 5.69 Å². The first-order valence-corrected chi connectivity index (χ1v) is 7.71. The van der Waals surface area contributed by atoms with Crippen LogP contribution in [0.1, 0.15) is 26.3 Å². The van der Waals surface area contributed by atoms with Crippen LogP contribution in [0.5, 0.6) is 0 Å². The highest BCUT2D eigenvalue weighted by Crippen LogP contribution is 2.30. The zero-order valence-corrected chi connectivity index (χ0v) is 13.3. The van der Waals surface area contributed by atoms with E-state index in [0.29, 0.717) is 16.8 Å². The van der Waals surface area contributed by atoms with Crippen molar-refractivity contribution < 1.29 is 9.59 Å². The fraction of sp³-hybridized carbons (Fsp3) is 0.0476. The maximum Gasteiger partial charge on any atom is 0.262 e. The normalized spacial score (nSPS) is 10.2. The molecular weight excluding hydrogens is 298 g/mol. The van der Waals surface area contributed by atoms with Crippen LogP contribution >= 0.6 is 0 Å². The second kappa shape index (κ2) is 6.92. The van der Waals surface area contributed by atoms with Gasteiger partial charge in [-0.3, -0.25) is 14.5 Å². The first-order valence-electron chi connectivity index (χ1n) is 7.71. The summed E-state index contributed by atoms with van der Waals surface area (Å²) in [5, 5.41) is 0. The van der Waals surface area contributed by atoms with Crippen molar-refractivity contribution in [3.8, 4) is 0 Å². The Hall–Kier alpha value is -3.20. The Labute approximate surface area is 141 Å². The number of carbonyl (C=O) groups is 2. The smallest absolute Gasteiger partial charge is 0.262 e. The number of aldehydes is 1.